The molecule has 4 heteroatoms. The maximum Gasteiger partial charge on any atom is 0.162 e. The zero-order valence-electron chi connectivity index (χ0n) is 10.4. The van der Waals surface area contributed by atoms with Crippen LogP contribution in [-0.2, 0) is 0 Å². The molecule has 1 aromatic carbocycles. The highest BCUT2D eigenvalue weighted by Crippen LogP contribution is 2.36. The van der Waals surface area contributed by atoms with Gasteiger partial charge in [-0.2, -0.15) is 0 Å². The molecule has 1 aromatic heterocycles. The normalized spacial score (nSPS) is 13.4. The van der Waals surface area contributed by atoms with Crippen LogP contribution in [0.15, 0.2) is 24.4 Å². The molecule has 0 radical (unpaired) electrons. The molecule has 0 bridgehead atoms. The quantitative estimate of drug-likeness (QED) is 0.770. The summed E-state index contributed by atoms with van der Waals surface area (Å²) in [6.45, 7) is 5.14. The molecule has 4 nitrogen and oxygen atoms in total. The minimum absolute atomic E-state index is 0.596. The average molecular weight is 242 g/mol. The molecule has 0 N–H and O–H groups in total. The van der Waals surface area contributed by atoms with Gasteiger partial charge in [0.05, 0.1) is 5.69 Å². The Bertz CT molecular complexity index is 596. The molecule has 0 unspecified atom stereocenters. The smallest absolute Gasteiger partial charge is 0.162 e. The molecule has 0 saturated carbocycles. The van der Waals surface area contributed by atoms with E-state index in [0.29, 0.717) is 13.2 Å². The highest BCUT2D eigenvalue weighted by molar-refractivity contribution is 5.68. The Balaban J connectivity index is 2.12. The first-order chi connectivity index (χ1) is 8.74. The van der Waals surface area contributed by atoms with Crippen molar-refractivity contribution >= 4 is 0 Å². The summed E-state index contributed by atoms with van der Waals surface area (Å²) in [5.74, 6) is 2.37. The van der Waals surface area contributed by atoms with Crippen molar-refractivity contribution in [1.29, 1.82) is 0 Å². The highest BCUT2D eigenvalue weighted by Gasteiger charge is 2.15. The first-order valence-corrected chi connectivity index (χ1v) is 5.94. The van der Waals surface area contributed by atoms with Gasteiger partial charge in [0.25, 0.3) is 0 Å². The van der Waals surface area contributed by atoms with Gasteiger partial charge in [0, 0.05) is 11.8 Å². The fourth-order valence-electron chi connectivity index (χ4n) is 2.07. The van der Waals surface area contributed by atoms with E-state index in [0.717, 1.165) is 34.1 Å². The first kappa shape index (κ1) is 11.0. The fraction of sp³-hybridized carbons (Fsp3) is 0.286. The van der Waals surface area contributed by atoms with Gasteiger partial charge in [0.2, 0.25) is 0 Å². The average Bonchev–Trinajstić information content (AvgIpc) is 2.38. The van der Waals surface area contributed by atoms with Crippen molar-refractivity contribution in [2.75, 3.05) is 13.2 Å². The van der Waals surface area contributed by atoms with Crippen LogP contribution in [0.5, 0.6) is 11.5 Å². The highest BCUT2D eigenvalue weighted by atomic mass is 16.6. The van der Waals surface area contributed by atoms with Gasteiger partial charge >= 0.3 is 0 Å². The molecule has 0 amide bonds. The van der Waals surface area contributed by atoms with Gasteiger partial charge in [0.15, 0.2) is 11.5 Å². The third-order valence-corrected chi connectivity index (χ3v) is 2.94. The van der Waals surface area contributed by atoms with Crippen LogP contribution in [0.2, 0.25) is 0 Å². The van der Waals surface area contributed by atoms with E-state index < -0.39 is 0 Å². The van der Waals surface area contributed by atoms with Gasteiger partial charge in [-0.15, -0.1) is 0 Å². The van der Waals surface area contributed by atoms with Crippen molar-refractivity contribution < 1.29 is 9.47 Å². The van der Waals surface area contributed by atoms with Gasteiger partial charge in [0.1, 0.15) is 19.0 Å². The molecule has 0 atom stereocenters. The number of aromatic nitrogens is 2. The van der Waals surface area contributed by atoms with Crippen molar-refractivity contribution in [3.05, 3.63) is 35.8 Å². The monoisotopic (exact) mass is 242 g/mol. The molecule has 0 fully saturated rings. The number of nitrogens with zero attached hydrogens (tertiary/aromatic N) is 2. The summed E-state index contributed by atoms with van der Waals surface area (Å²) in [6, 6.07) is 5.90. The lowest BCUT2D eigenvalue weighted by Crippen LogP contribution is -2.15. The topological polar surface area (TPSA) is 44.2 Å². The van der Waals surface area contributed by atoms with E-state index in [1.807, 2.05) is 32.0 Å². The summed E-state index contributed by atoms with van der Waals surface area (Å²) in [6.07, 6.45) is 1.77. The number of hydrogen-bond acceptors (Lipinski definition) is 4. The molecular formula is C14H14N2O2. The molecule has 0 spiro atoms. The van der Waals surface area contributed by atoms with E-state index in [-0.39, 0.29) is 0 Å². The number of benzene rings is 1. The summed E-state index contributed by atoms with van der Waals surface area (Å²) in [5.41, 5.74) is 3.10. The molecule has 0 saturated heterocycles. The van der Waals surface area contributed by atoms with Crippen LogP contribution in [0.3, 0.4) is 0 Å². The molecule has 1 aliphatic heterocycles. The van der Waals surface area contributed by atoms with Crippen LogP contribution in [0.1, 0.15) is 11.4 Å². The fourth-order valence-corrected chi connectivity index (χ4v) is 2.07. The largest absolute Gasteiger partial charge is 0.486 e. The van der Waals surface area contributed by atoms with Gasteiger partial charge in [-0.3, -0.25) is 0 Å². The summed E-state index contributed by atoms with van der Waals surface area (Å²) in [5, 5.41) is 0. The third-order valence-electron chi connectivity index (χ3n) is 2.94. The van der Waals surface area contributed by atoms with E-state index >= 15 is 0 Å². The zero-order valence-corrected chi connectivity index (χ0v) is 10.4. The van der Waals surface area contributed by atoms with E-state index in [4.69, 9.17) is 9.47 Å². The van der Waals surface area contributed by atoms with E-state index in [9.17, 15) is 0 Å². The first-order valence-electron chi connectivity index (χ1n) is 5.94. The Kier molecular flexibility index (Phi) is 2.63. The Morgan fingerprint density at radius 1 is 1.06 bits per heavy atom. The standard InChI is InChI=1S/C14H14N2O2/c1-9-7-13-14(18-6-5-17-13)8-11(9)12-3-4-15-10(2)16-12/h3-4,7-8H,5-6H2,1-2H3. The molecule has 2 heterocycles. The zero-order chi connectivity index (χ0) is 12.5. The van der Waals surface area contributed by atoms with Crippen molar-refractivity contribution in [3.63, 3.8) is 0 Å². The Hall–Kier alpha value is -2.10. The van der Waals surface area contributed by atoms with E-state index in [1.54, 1.807) is 6.20 Å². The van der Waals surface area contributed by atoms with Gasteiger partial charge in [-0.25, -0.2) is 9.97 Å². The van der Waals surface area contributed by atoms with Crippen LogP contribution in [0.25, 0.3) is 11.3 Å². The van der Waals surface area contributed by atoms with E-state index in [2.05, 4.69) is 9.97 Å². The molecule has 3 rings (SSSR count). The van der Waals surface area contributed by atoms with Crippen LogP contribution in [0.4, 0.5) is 0 Å². The number of hydrogen-bond donors (Lipinski definition) is 0. The van der Waals surface area contributed by atoms with Gasteiger partial charge in [-0.05, 0) is 37.6 Å². The lowest BCUT2D eigenvalue weighted by atomic mass is 10.0. The lowest BCUT2D eigenvalue weighted by molar-refractivity contribution is 0.171. The Morgan fingerprint density at radius 2 is 1.78 bits per heavy atom. The minimum atomic E-state index is 0.596. The van der Waals surface area contributed by atoms with Crippen molar-refractivity contribution in [3.8, 4) is 22.8 Å². The van der Waals surface area contributed by atoms with Crippen LogP contribution in [-0.4, -0.2) is 23.2 Å². The predicted molar refractivity (Wildman–Crippen MR) is 67.9 cm³/mol. The lowest BCUT2D eigenvalue weighted by Gasteiger charge is -2.20. The van der Waals surface area contributed by atoms with Crippen LogP contribution in [0, 0.1) is 13.8 Å². The predicted octanol–water partition coefficient (Wildman–Crippen LogP) is 2.53. The number of aryl methyl sites for hydroxylation is 2. The SMILES string of the molecule is Cc1nccc(-c2cc3c(cc2C)OCCO3)n1. The van der Waals surface area contributed by atoms with Crippen molar-refractivity contribution in [2.45, 2.75) is 13.8 Å². The Morgan fingerprint density at radius 3 is 2.50 bits per heavy atom. The van der Waals surface area contributed by atoms with E-state index in [1.165, 1.54) is 0 Å². The maximum atomic E-state index is 5.60. The summed E-state index contributed by atoms with van der Waals surface area (Å²) >= 11 is 0. The summed E-state index contributed by atoms with van der Waals surface area (Å²) < 4.78 is 11.2. The summed E-state index contributed by atoms with van der Waals surface area (Å²) in [4.78, 5) is 8.56. The minimum Gasteiger partial charge on any atom is -0.486 e. The molecule has 0 aliphatic carbocycles. The molecule has 92 valence electrons. The maximum absolute atomic E-state index is 5.60. The van der Waals surface area contributed by atoms with Crippen LogP contribution >= 0.6 is 0 Å². The molecule has 2 aromatic rings. The molecular weight excluding hydrogens is 228 g/mol. The Labute approximate surface area is 106 Å². The number of rotatable bonds is 1. The molecule has 1 aliphatic rings. The van der Waals surface area contributed by atoms with Crippen molar-refractivity contribution in [2.24, 2.45) is 0 Å². The third kappa shape index (κ3) is 1.90. The second kappa shape index (κ2) is 4.29. The van der Waals surface area contributed by atoms with Crippen LogP contribution < -0.4 is 9.47 Å². The van der Waals surface area contributed by atoms with Gasteiger partial charge in [-0.1, -0.05) is 0 Å². The number of fused-ring (bicyclic) bond motifs is 1. The van der Waals surface area contributed by atoms with Gasteiger partial charge < -0.3 is 9.47 Å². The molecule has 18 heavy (non-hydrogen) atoms. The second-order valence-corrected chi connectivity index (χ2v) is 4.30. The van der Waals surface area contributed by atoms with Crippen molar-refractivity contribution in [1.82, 2.24) is 9.97 Å². The summed E-state index contributed by atoms with van der Waals surface area (Å²) in [7, 11) is 0. The second-order valence-electron chi connectivity index (χ2n) is 4.30. The number of ether oxygens (including phenoxy) is 2.